The van der Waals surface area contributed by atoms with Crippen molar-refractivity contribution in [3.8, 4) is 11.3 Å². The van der Waals surface area contributed by atoms with Gasteiger partial charge < -0.3 is 9.80 Å². The molecule has 1 aromatic heterocycles. The molecule has 188 valence electrons. The topological polar surface area (TPSA) is 96.6 Å². The second kappa shape index (κ2) is 8.35. The number of pyridine rings is 1. The molecule has 2 aliphatic rings. The molecule has 1 unspecified atom stereocenters. The van der Waals surface area contributed by atoms with E-state index in [-0.39, 0.29) is 18.5 Å². The zero-order chi connectivity index (χ0) is 26.0. The normalized spacial score (nSPS) is 20.7. The fourth-order valence-electron chi connectivity index (χ4n) is 5.27. The summed E-state index contributed by atoms with van der Waals surface area (Å²) in [4.78, 5) is 20.7. The Balaban J connectivity index is 1.42. The number of hydrogen-bond acceptors (Lipinski definition) is 5. The lowest BCUT2D eigenvalue weighted by Crippen LogP contribution is -2.69. The molecule has 0 aliphatic carbocycles. The third-order valence-electron chi connectivity index (χ3n) is 7.30. The summed E-state index contributed by atoms with van der Waals surface area (Å²) in [7, 11) is -4.30. The predicted molar refractivity (Wildman–Crippen MR) is 133 cm³/mol. The largest absolute Gasteiger partial charge is 0.362 e. The second-order valence-corrected chi connectivity index (χ2v) is 11.4. The van der Waals surface area contributed by atoms with Gasteiger partial charge in [-0.2, -0.15) is 0 Å². The van der Waals surface area contributed by atoms with Crippen LogP contribution in [0.4, 0.5) is 20.2 Å². The van der Waals surface area contributed by atoms with Gasteiger partial charge in [0.2, 0.25) is 15.9 Å². The summed E-state index contributed by atoms with van der Waals surface area (Å²) in [5.74, 6) is -2.05. The number of carbonyl (C=O) groups is 1. The highest BCUT2D eigenvalue weighted by molar-refractivity contribution is 7.89. The highest BCUT2D eigenvalue weighted by Gasteiger charge is 2.53. The molecular formula is C26H26F2N4O3S. The summed E-state index contributed by atoms with van der Waals surface area (Å²) < 4.78 is 53.2. The Hall–Kier alpha value is -3.37. The molecule has 2 aromatic carbocycles. The van der Waals surface area contributed by atoms with E-state index in [0.29, 0.717) is 34.6 Å². The van der Waals surface area contributed by atoms with Crippen molar-refractivity contribution in [1.29, 1.82) is 0 Å². The maximum Gasteiger partial charge on any atom is 0.241 e. The van der Waals surface area contributed by atoms with E-state index >= 15 is 4.39 Å². The zero-order valence-corrected chi connectivity index (χ0v) is 20.9. The molecule has 36 heavy (non-hydrogen) atoms. The molecule has 7 nitrogen and oxygen atoms in total. The molecule has 1 fully saturated rings. The van der Waals surface area contributed by atoms with Crippen LogP contribution in [-0.2, 0) is 21.2 Å². The fraction of sp³-hybridized carbons (Fsp3) is 0.308. The number of aromatic nitrogens is 1. The van der Waals surface area contributed by atoms with Crippen molar-refractivity contribution in [3.63, 3.8) is 0 Å². The first-order valence-corrected chi connectivity index (χ1v) is 13.1. The number of rotatable bonds is 4. The average molecular weight is 513 g/mol. The molecule has 0 saturated carbocycles. The van der Waals surface area contributed by atoms with E-state index in [9.17, 15) is 17.6 Å². The maximum absolute atomic E-state index is 15.2. The second-order valence-electron chi connectivity index (χ2n) is 9.92. The summed E-state index contributed by atoms with van der Waals surface area (Å²) in [6, 6.07) is 12.3. The van der Waals surface area contributed by atoms with Gasteiger partial charge in [0.05, 0.1) is 17.3 Å². The van der Waals surface area contributed by atoms with Crippen molar-refractivity contribution in [1.82, 2.24) is 4.98 Å². The standard InChI is InChI=1S/C26H26F2N4O3S/c1-15-10-17-12-20(28)24(36(29,34)35)13-23(17)32(15)25(33)18-14-31(26(18,2)3)22-8-7-16(11-19(22)27)21-6-4-5-9-30-21/h4-9,11-13,15,18H,10,14H2,1-3H3,(H2,29,34,35)/t15-,18?/m1/s1. The summed E-state index contributed by atoms with van der Waals surface area (Å²) in [5, 5.41) is 5.18. The lowest BCUT2D eigenvalue weighted by atomic mass is 9.75. The van der Waals surface area contributed by atoms with Gasteiger partial charge in [-0.25, -0.2) is 22.3 Å². The number of carbonyl (C=O) groups excluding carboxylic acids is 1. The van der Waals surface area contributed by atoms with Crippen molar-refractivity contribution < 1.29 is 22.0 Å². The number of halogens is 2. The van der Waals surface area contributed by atoms with Gasteiger partial charge in [-0.3, -0.25) is 9.78 Å². The molecule has 0 spiro atoms. The van der Waals surface area contributed by atoms with Crippen LogP contribution in [0.25, 0.3) is 11.3 Å². The number of sulfonamides is 1. The number of nitrogens with zero attached hydrogens (tertiary/aromatic N) is 3. The Labute approximate surface area is 208 Å². The van der Waals surface area contributed by atoms with E-state index < -0.39 is 38.0 Å². The minimum atomic E-state index is -4.30. The molecule has 2 atom stereocenters. The summed E-state index contributed by atoms with van der Waals surface area (Å²) in [6.45, 7) is 5.85. The van der Waals surface area contributed by atoms with Crippen LogP contribution in [0.15, 0.2) is 59.6 Å². The molecule has 5 rings (SSSR count). The zero-order valence-electron chi connectivity index (χ0n) is 20.1. The van der Waals surface area contributed by atoms with E-state index in [1.807, 2.05) is 31.7 Å². The van der Waals surface area contributed by atoms with Gasteiger partial charge in [0, 0.05) is 35.6 Å². The average Bonchev–Trinajstić information content (AvgIpc) is 3.13. The minimum Gasteiger partial charge on any atom is -0.362 e. The molecule has 3 aromatic rings. The third-order valence-corrected chi connectivity index (χ3v) is 8.23. The van der Waals surface area contributed by atoms with Crippen LogP contribution in [0.2, 0.25) is 0 Å². The number of benzene rings is 2. The van der Waals surface area contributed by atoms with Gasteiger partial charge in [0.25, 0.3) is 0 Å². The molecule has 2 aliphatic heterocycles. The van der Waals surface area contributed by atoms with Crippen molar-refractivity contribution in [2.24, 2.45) is 11.1 Å². The Morgan fingerprint density at radius 3 is 2.44 bits per heavy atom. The van der Waals surface area contributed by atoms with Gasteiger partial charge in [0.15, 0.2) is 0 Å². The summed E-state index contributed by atoms with van der Waals surface area (Å²) >= 11 is 0. The van der Waals surface area contributed by atoms with Gasteiger partial charge in [-0.15, -0.1) is 0 Å². The van der Waals surface area contributed by atoms with E-state index in [4.69, 9.17) is 5.14 Å². The molecule has 10 heteroatoms. The Morgan fingerprint density at radius 1 is 1.08 bits per heavy atom. The number of anilines is 2. The number of amides is 1. The fourth-order valence-corrected chi connectivity index (χ4v) is 5.87. The third kappa shape index (κ3) is 3.84. The van der Waals surface area contributed by atoms with E-state index in [2.05, 4.69) is 4.98 Å². The van der Waals surface area contributed by atoms with Crippen LogP contribution in [-0.4, -0.2) is 37.4 Å². The lowest BCUT2D eigenvalue weighted by Gasteiger charge is -2.56. The Bertz CT molecular complexity index is 1480. The molecule has 1 amide bonds. The number of primary sulfonamides is 1. The van der Waals surface area contributed by atoms with Crippen molar-refractivity contribution in [3.05, 3.63) is 71.9 Å². The molecule has 1 saturated heterocycles. The predicted octanol–water partition coefficient (Wildman–Crippen LogP) is 3.87. The Kier molecular flexibility index (Phi) is 5.64. The van der Waals surface area contributed by atoms with Crippen LogP contribution in [0, 0.1) is 17.6 Å². The molecular weight excluding hydrogens is 486 g/mol. The smallest absolute Gasteiger partial charge is 0.241 e. The van der Waals surface area contributed by atoms with Crippen LogP contribution >= 0.6 is 0 Å². The monoisotopic (exact) mass is 512 g/mol. The van der Waals surface area contributed by atoms with E-state index in [1.165, 1.54) is 11.0 Å². The minimum absolute atomic E-state index is 0.222. The molecule has 0 radical (unpaired) electrons. The van der Waals surface area contributed by atoms with Crippen molar-refractivity contribution in [2.75, 3.05) is 16.3 Å². The van der Waals surface area contributed by atoms with Crippen LogP contribution < -0.4 is 14.9 Å². The Morgan fingerprint density at radius 2 is 1.83 bits per heavy atom. The van der Waals surface area contributed by atoms with E-state index in [1.54, 1.807) is 30.5 Å². The number of hydrogen-bond donors (Lipinski definition) is 1. The van der Waals surface area contributed by atoms with Crippen LogP contribution in [0.3, 0.4) is 0 Å². The first-order chi connectivity index (χ1) is 16.9. The highest BCUT2D eigenvalue weighted by Crippen LogP contribution is 2.45. The first-order valence-electron chi connectivity index (χ1n) is 11.6. The summed E-state index contributed by atoms with van der Waals surface area (Å²) in [6.07, 6.45) is 2.04. The van der Waals surface area contributed by atoms with Gasteiger partial charge in [-0.05, 0) is 69.2 Å². The summed E-state index contributed by atoms with van der Waals surface area (Å²) in [5.41, 5.74) is 1.88. The molecule has 2 N–H and O–H groups in total. The maximum atomic E-state index is 15.2. The molecule has 0 bridgehead atoms. The number of nitrogens with two attached hydrogens (primary N) is 1. The van der Waals surface area contributed by atoms with Crippen LogP contribution in [0.1, 0.15) is 26.3 Å². The first kappa shape index (κ1) is 24.3. The highest BCUT2D eigenvalue weighted by atomic mass is 32.2. The number of fused-ring (bicyclic) bond motifs is 1. The van der Waals surface area contributed by atoms with Crippen molar-refractivity contribution in [2.45, 2.75) is 43.7 Å². The van der Waals surface area contributed by atoms with E-state index in [0.717, 1.165) is 12.1 Å². The van der Waals surface area contributed by atoms with Crippen LogP contribution in [0.5, 0.6) is 0 Å². The van der Waals surface area contributed by atoms with Gasteiger partial charge >= 0.3 is 0 Å². The molecule has 3 heterocycles. The SMILES string of the molecule is C[C@@H]1Cc2cc(F)c(S(N)(=O)=O)cc2N1C(=O)C1CN(c2ccc(-c3ccccn3)cc2F)C1(C)C. The van der Waals surface area contributed by atoms with Gasteiger partial charge in [0.1, 0.15) is 16.5 Å². The lowest BCUT2D eigenvalue weighted by molar-refractivity contribution is -0.126. The van der Waals surface area contributed by atoms with Gasteiger partial charge in [-0.1, -0.05) is 12.1 Å². The quantitative estimate of drug-likeness (QED) is 0.573. The van der Waals surface area contributed by atoms with Crippen molar-refractivity contribution >= 4 is 27.3 Å².